The Kier molecular flexibility index (Phi) is 4.92. The van der Waals surface area contributed by atoms with Crippen LogP contribution < -0.4 is 0 Å². The summed E-state index contributed by atoms with van der Waals surface area (Å²) in [6.45, 7) is 2.28. The fraction of sp³-hybridized carbons (Fsp3) is 0.630. The van der Waals surface area contributed by atoms with Crippen LogP contribution in [0.1, 0.15) is 71.1 Å². The van der Waals surface area contributed by atoms with E-state index in [1.54, 1.807) is 5.57 Å². The molecule has 0 aromatic carbocycles. The molecule has 4 nitrogen and oxygen atoms in total. The number of esters is 1. The van der Waals surface area contributed by atoms with Crippen molar-refractivity contribution in [3.63, 3.8) is 0 Å². The number of hydrogen-bond donors (Lipinski definition) is 0. The number of rotatable bonds is 2. The third kappa shape index (κ3) is 3.04. The summed E-state index contributed by atoms with van der Waals surface area (Å²) in [6, 6.07) is 0. The Hall–Kier alpha value is -2.28. The SMILES string of the molecule is C#C[C@]1(OC(=O)C2=CCC=CN2C)CC[C@H]2[C@@H]3CCC4=C(CCC(=O)C4)[C@H]3CC[C@@]21C. The third-order valence-corrected chi connectivity index (χ3v) is 9.19. The van der Waals surface area contributed by atoms with Gasteiger partial charge in [0.25, 0.3) is 0 Å². The highest BCUT2D eigenvalue weighted by molar-refractivity contribution is 5.89. The average molecular weight is 420 g/mol. The van der Waals surface area contributed by atoms with Gasteiger partial charge >= 0.3 is 5.97 Å². The summed E-state index contributed by atoms with van der Waals surface area (Å²) in [5.41, 5.74) is 2.59. The molecule has 0 saturated heterocycles. The highest BCUT2D eigenvalue weighted by atomic mass is 16.6. The normalized spacial score (nSPS) is 39.3. The van der Waals surface area contributed by atoms with Crippen molar-refractivity contribution < 1.29 is 14.3 Å². The lowest BCUT2D eigenvalue weighted by Gasteiger charge is -2.53. The van der Waals surface area contributed by atoms with Crippen LogP contribution in [0.5, 0.6) is 0 Å². The minimum atomic E-state index is -0.834. The van der Waals surface area contributed by atoms with Gasteiger partial charge in [0, 0.05) is 31.5 Å². The van der Waals surface area contributed by atoms with Crippen molar-refractivity contribution in [3.8, 4) is 12.3 Å². The molecule has 5 rings (SSSR count). The van der Waals surface area contributed by atoms with E-state index in [9.17, 15) is 9.59 Å². The summed E-state index contributed by atoms with van der Waals surface area (Å²) in [4.78, 5) is 26.9. The van der Waals surface area contributed by atoms with E-state index in [-0.39, 0.29) is 11.4 Å². The van der Waals surface area contributed by atoms with E-state index in [4.69, 9.17) is 11.2 Å². The van der Waals surface area contributed by atoms with Gasteiger partial charge in [-0.25, -0.2) is 4.79 Å². The Morgan fingerprint density at radius 3 is 2.84 bits per heavy atom. The topological polar surface area (TPSA) is 46.6 Å². The standard InChI is InChI=1S/C27H33NO3/c1-4-27(31-25(30)24-7-5-6-16-28(24)3)15-13-23-22-10-8-18-17-19(29)9-11-20(18)21(22)12-14-26(23,27)2/h1,6-7,16,21-23H,5,8-15,17H2,2-3H3/t21-,22-,23+,26+,27+/m1/s1. The smallest absolute Gasteiger partial charge is 0.356 e. The van der Waals surface area contributed by atoms with E-state index in [1.165, 1.54) is 5.57 Å². The zero-order valence-electron chi connectivity index (χ0n) is 18.8. The first kappa shape index (κ1) is 20.6. The lowest BCUT2D eigenvalue weighted by atomic mass is 9.52. The number of fused-ring (bicyclic) bond motifs is 4. The van der Waals surface area contributed by atoms with Gasteiger partial charge in [0.1, 0.15) is 11.5 Å². The van der Waals surface area contributed by atoms with Crippen LogP contribution in [-0.2, 0) is 14.3 Å². The van der Waals surface area contributed by atoms with E-state index >= 15 is 0 Å². The van der Waals surface area contributed by atoms with Crippen molar-refractivity contribution in [2.75, 3.05) is 7.05 Å². The first-order valence-corrected chi connectivity index (χ1v) is 11.9. The number of ketones is 1. The lowest BCUT2D eigenvalue weighted by Crippen LogP contribution is -2.53. The van der Waals surface area contributed by atoms with Crippen LogP contribution in [0.2, 0.25) is 0 Å². The fourth-order valence-corrected chi connectivity index (χ4v) is 7.54. The van der Waals surface area contributed by atoms with Gasteiger partial charge in [-0.3, -0.25) is 4.79 Å². The van der Waals surface area contributed by atoms with E-state index in [1.807, 2.05) is 30.3 Å². The third-order valence-electron chi connectivity index (χ3n) is 9.19. The molecule has 1 aliphatic heterocycles. The number of nitrogens with zero attached hydrogens (tertiary/aromatic N) is 1. The molecule has 0 amide bonds. The maximum Gasteiger partial charge on any atom is 0.356 e. The molecule has 0 unspecified atom stereocenters. The second kappa shape index (κ2) is 7.40. The van der Waals surface area contributed by atoms with Crippen LogP contribution in [0.3, 0.4) is 0 Å². The second-order valence-corrected chi connectivity index (χ2v) is 10.4. The first-order valence-electron chi connectivity index (χ1n) is 11.9. The molecule has 2 saturated carbocycles. The summed E-state index contributed by atoms with van der Waals surface area (Å²) in [5.74, 6) is 4.77. The number of carbonyl (C=O) groups is 2. The lowest BCUT2D eigenvalue weighted by molar-refractivity contribution is -0.165. The Balaban J connectivity index is 1.41. The van der Waals surface area contributed by atoms with E-state index in [0.717, 1.165) is 51.4 Å². The van der Waals surface area contributed by atoms with Gasteiger partial charge in [-0.05, 0) is 75.2 Å². The molecule has 2 fully saturated rings. The molecular formula is C27H33NO3. The van der Waals surface area contributed by atoms with Crippen LogP contribution >= 0.6 is 0 Å². The summed E-state index contributed by atoms with van der Waals surface area (Å²) in [7, 11) is 1.87. The molecule has 164 valence electrons. The number of Topliss-reactive ketones (excluding diaryl/α,β-unsaturated/α-hetero) is 1. The maximum atomic E-state index is 13.1. The van der Waals surface area contributed by atoms with E-state index < -0.39 is 5.60 Å². The zero-order valence-corrected chi connectivity index (χ0v) is 18.8. The number of allylic oxidation sites excluding steroid dienone is 4. The molecular weight excluding hydrogens is 386 g/mol. The van der Waals surface area contributed by atoms with Crippen molar-refractivity contribution >= 4 is 11.8 Å². The molecule has 0 N–H and O–H groups in total. The molecule has 0 bridgehead atoms. The van der Waals surface area contributed by atoms with Crippen molar-refractivity contribution in [1.29, 1.82) is 0 Å². The maximum absolute atomic E-state index is 13.1. The number of likely N-dealkylation sites (N-methyl/N-ethyl adjacent to an activating group) is 1. The molecule has 31 heavy (non-hydrogen) atoms. The van der Waals surface area contributed by atoms with E-state index in [2.05, 4.69) is 12.8 Å². The quantitative estimate of drug-likeness (QED) is 0.362. The largest absolute Gasteiger partial charge is 0.441 e. The van der Waals surface area contributed by atoms with Crippen molar-refractivity contribution in [3.05, 3.63) is 35.2 Å². The minimum Gasteiger partial charge on any atom is -0.441 e. The Labute approximate surface area is 185 Å². The molecule has 1 heterocycles. The predicted molar refractivity (Wildman–Crippen MR) is 119 cm³/mol. The summed E-state index contributed by atoms with van der Waals surface area (Å²) >= 11 is 0. The van der Waals surface area contributed by atoms with Crippen molar-refractivity contribution in [1.82, 2.24) is 4.90 Å². The highest BCUT2D eigenvalue weighted by Gasteiger charge is 2.64. The molecule has 5 atom stereocenters. The number of hydrogen-bond acceptors (Lipinski definition) is 4. The molecule has 0 radical (unpaired) electrons. The Morgan fingerprint density at radius 1 is 1.23 bits per heavy atom. The number of carbonyl (C=O) groups excluding carboxylic acids is 2. The predicted octanol–water partition coefficient (Wildman–Crippen LogP) is 4.92. The molecule has 0 aromatic rings. The Morgan fingerprint density at radius 2 is 2.06 bits per heavy atom. The zero-order chi connectivity index (χ0) is 21.8. The van der Waals surface area contributed by atoms with Crippen LogP contribution in [-0.4, -0.2) is 29.3 Å². The van der Waals surface area contributed by atoms with Crippen LogP contribution in [0.15, 0.2) is 35.2 Å². The number of ether oxygens (including phenoxy) is 1. The first-order chi connectivity index (χ1) is 14.9. The summed E-state index contributed by atoms with van der Waals surface area (Å²) in [6.07, 6.45) is 21.1. The van der Waals surface area contributed by atoms with E-state index in [0.29, 0.717) is 42.1 Å². The van der Waals surface area contributed by atoms with Gasteiger partial charge in [-0.2, -0.15) is 0 Å². The molecule has 0 spiro atoms. The van der Waals surface area contributed by atoms with Crippen LogP contribution in [0.25, 0.3) is 0 Å². The monoisotopic (exact) mass is 419 g/mol. The van der Waals surface area contributed by atoms with Crippen molar-refractivity contribution in [2.45, 2.75) is 76.7 Å². The van der Waals surface area contributed by atoms with Gasteiger partial charge < -0.3 is 9.64 Å². The molecule has 0 aromatic heterocycles. The minimum absolute atomic E-state index is 0.190. The molecule has 4 aliphatic carbocycles. The average Bonchev–Trinajstić information content (AvgIpc) is 3.06. The molecule has 4 heteroatoms. The van der Waals surface area contributed by atoms with Gasteiger partial charge in [0.15, 0.2) is 5.60 Å². The van der Waals surface area contributed by atoms with Gasteiger partial charge in [-0.15, -0.1) is 6.42 Å². The Bertz CT molecular complexity index is 950. The highest BCUT2D eigenvalue weighted by Crippen LogP contribution is 2.65. The van der Waals surface area contributed by atoms with Crippen LogP contribution in [0, 0.1) is 35.5 Å². The summed E-state index contributed by atoms with van der Waals surface area (Å²) < 4.78 is 6.26. The van der Waals surface area contributed by atoms with Crippen molar-refractivity contribution in [2.24, 2.45) is 23.2 Å². The molecule has 5 aliphatic rings. The second-order valence-electron chi connectivity index (χ2n) is 10.4. The van der Waals surface area contributed by atoms with Gasteiger partial charge in [0.2, 0.25) is 0 Å². The summed E-state index contributed by atoms with van der Waals surface area (Å²) in [5, 5.41) is 0. The fourth-order valence-electron chi connectivity index (χ4n) is 7.54. The van der Waals surface area contributed by atoms with Gasteiger partial charge in [-0.1, -0.05) is 30.1 Å². The van der Waals surface area contributed by atoms with Crippen LogP contribution in [0.4, 0.5) is 0 Å². The number of terminal acetylenes is 1. The van der Waals surface area contributed by atoms with Gasteiger partial charge in [0.05, 0.1) is 0 Å².